The van der Waals surface area contributed by atoms with Crippen LogP contribution in [0.4, 0.5) is 0 Å². The predicted octanol–water partition coefficient (Wildman–Crippen LogP) is 2.88. The van der Waals surface area contributed by atoms with Gasteiger partial charge in [-0.2, -0.15) is 0 Å². The van der Waals surface area contributed by atoms with Gasteiger partial charge in [-0.25, -0.2) is 0 Å². The smallest absolute Gasteiger partial charge is 0.0685 e. The van der Waals surface area contributed by atoms with E-state index < -0.39 is 0 Å². The number of nitrogens with one attached hydrogen (secondary N) is 1. The molecule has 0 radical (unpaired) electrons. The van der Waals surface area contributed by atoms with Gasteiger partial charge in [0.1, 0.15) is 0 Å². The van der Waals surface area contributed by atoms with Crippen LogP contribution in [0.1, 0.15) is 57.8 Å². The molecular weight excluding hydrogens is 250 g/mol. The van der Waals surface area contributed by atoms with E-state index in [4.69, 9.17) is 9.47 Å². The summed E-state index contributed by atoms with van der Waals surface area (Å²) in [5.74, 6) is 1.54. The van der Waals surface area contributed by atoms with Crippen LogP contribution in [0.5, 0.6) is 0 Å². The molecule has 3 heteroatoms. The highest BCUT2D eigenvalue weighted by molar-refractivity contribution is 5.00. The molecule has 5 atom stereocenters. The van der Waals surface area contributed by atoms with Crippen molar-refractivity contribution in [3.05, 3.63) is 0 Å². The summed E-state index contributed by atoms with van der Waals surface area (Å²) in [7, 11) is 2.16. The molecule has 1 aliphatic carbocycles. The molecule has 0 amide bonds. The molecule has 1 N–H and O–H groups in total. The Hall–Kier alpha value is -0.120. The van der Waals surface area contributed by atoms with Crippen molar-refractivity contribution in [1.82, 2.24) is 5.32 Å². The lowest BCUT2D eigenvalue weighted by molar-refractivity contribution is -0.102. The number of rotatable bonds is 3. The number of hydrogen-bond donors (Lipinski definition) is 1. The fourth-order valence-electron chi connectivity index (χ4n) is 5.59. The Bertz CT molecular complexity index is 353. The monoisotopic (exact) mass is 279 g/mol. The zero-order valence-electron chi connectivity index (χ0n) is 12.8. The largest absolute Gasteiger partial charge is 0.375 e. The second-order valence-corrected chi connectivity index (χ2v) is 7.58. The number of ether oxygens (including phenoxy) is 2. The van der Waals surface area contributed by atoms with E-state index in [9.17, 15) is 0 Å². The Morgan fingerprint density at radius 1 is 1.15 bits per heavy atom. The van der Waals surface area contributed by atoms with Crippen LogP contribution in [0.2, 0.25) is 0 Å². The molecule has 3 saturated heterocycles. The molecule has 0 aromatic rings. The van der Waals surface area contributed by atoms with Crippen molar-refractivity contribution < 1.29 is 9.47 Å². The van der Waals surface area contributed by atoms with Gasteiger partial charge in [0, 0.05) is 18.6 Å². The standard InChI is InChI=1S/C17H29NO2/c1-18-16(14-10-13-4-5-15(14)20-13)12-6-9-19-17(11-12)7-2-3-8-17/h12-16,18H,2-11H2,1H3. The van der Waals surface area contributed by atoms with Gasteiger partial charge in [-0.05, 0) is 57.9 Å². The van der Waals surface area contributed by atoms with Crippen LogP contribution in [0.15, 0.2) is 0 Å². The van der Waals surface area contributed by atoms with Crippen LogP contribution in [-0.4, -0.2) is 37.5 Å². The van der Waals surface area contributed by atoms with E-state index in [0.29, 0.717) is 18.2 Å². The van der Waals surface area contributed by atoms with E-state index >= 15 is 0 Å². The summed E-state index contributed by atoms with van der Waals surface area (Å²) in [5.41, 5.74) is 0.247. The van der Waals surface area contributed by atoms with Crippen molar-refractivity contribution in [1.29, 1.82) is 0 Å². The average molecular weight is 279 g/mol. The minimum absolute atomic E-state index is 0.247. The van der Waals surface area contributed by atoms with Crippen LogP contribution in [0, 0.1) is 11.8 Å². The van der Waals surface area contributed by atoms with Crippen LogP contribution in [0.25, 0.3) is 0 Å². The molecule has 5 unspecified atom stereocenters. The molecule has 1 spiro atoms. The first-order valence-corrected chi connectivity index (χ1v) is 8.76. The molecule has 1 saturated carbocycles. The molecule has 3 heterocycles. The van der Waals surface area contributed by atoms with Crippen LogP contribution in [-0.2, 0) is 9.47 Å². The second-order valence-electron chi connectivity index (χ2n) is 7.58. The Balaban J connectivity index is 1.47. The maximum atomic E-state index is 6.22. The molecule has 20 heavy (non-hydrogen) atoms. The van der Waals surface area contributed by atoms with Gasteiger partial charge < -0.3 is 14.8 Å². The van der Waals surface area contributed by atoms with Gasteiger partial charge in [-0.15, -0.1) is 0 Å². The van der Waals surface area contributed by atoms with E-state index in [1.807, 2.05) is 0 Å². The normalized spacial score (nSPS) is 44.2. The maximum absolute atomic E-state index is 6.22. The SMILES string of the molecule is CNC(C1CCOC2(CCCC2)C1)C1CC2CCC1O2. The van der Waals surface area contributed by atoms with Gasteiger partial charge in [0.15, 0.2) is 0 Å². The van der Waals surface area contributed by atoms with Crippen molar-refractivity contribution in [2.75, 3.05) is 13.7 Å². The number of fused-ring (bicyclic) bond motifs is 2. The molecule has 4 aliphatic rings. The summed E-state index contributed by atoms with van der Waals surface area (Å²) < 4.78 is 12.3. The van der Waals surface area contributed by atoms with Crippen molar-refractivity contribution in [2.24, 2.45) is 11.8 Å². The lowest BCUT2D eigenvalue weighted by atomic mass is 9.72. The molecular formula is C17H29NO2. The quantitative estimate of drug-likeness (QED) is 0.861. The van der Waals surface area contributed by atoms with Crippen molar-refractivity contribution in [3.8, 4) is 0 Å². The summed E-state index contributed by atoms with van der Waals surface area (Å²) in [6.07, 6.45) is 12.9. The first-order chi connectivity index (χ1) is 9.80. The maximum Gasteiger partial charge on any atom is 0.0685 e. The van der Waals surface area contributed by atoms with Gasteiger partial charge >= 0.3 is 0 Å². The third-order valence-corrected chi connectivity index (χ3v) is 6.50. The molecule has 3 aliphatic heterocycles. The highest BCUT2D eigenvalue weighted by Gasteiger charge is 2.49. The van der Waals surface area contributed by atoms with Crippen molar-refractivity contribution >= 4 is 0 Å². The second kappa shape index (κ2) is 5.26. The fraction of sp³-hybridized carbons (Fsp3) is 1.00. The van der Waals surface area contributed by atoms with Gasteiger partial charge in [0.05, 0.1) is 17.8 Å². The Morgan fingerprint density at radius 2 is 2.00 bits per heavy atom. The minimum atomic E-state index is 0.247. The van der Waals surface area contributed by atoms with Gasteiger partial charge in [0.25, 0.3) is 0 Å². The van der Waals surface area contributed by atoms with Crippen LogP contribution in [0.3, 0.4) is 0 Å². The fourth-order valence-corrected chi connectivity index (χ4v) is 5.59. The van der Waals surface area contributed by atoms with Crippen LogP contribution < -0.4 is 5.32 Å². The summed E-state index contributed by atoms with van der Waals surface area (Å²) in [5, 5.41) is 3.67. The highest BCUT2D eigenvalue weighted by atomic mass is 16.5. The van der Waals surface area contributed by atoms with Gasteiger partial charge in [-0.1, -0.05) is 12.8 Å². The summed E-state index contributed by atoms with van der Waals surface area (Å²) in [4.78, 5) is 0. The summed E-state index contributed by atoms with van der Waals surface area (Å²) in [6, 6.07) is 0.645. The highest BCUT2D eigenvalue weighted by Crippen LogP contribution is 2.47. The van der Waals surface area contributed by atoms with E-state index in [2.05, 4.69) is 12.4 Å². The number of hydrogen-bond acceptors (Lipinski definition) is 3. The van der Waals surface area contributed by atoms with Gasteiger partial charge in [0.2, 0.25) is 0 Å². The molecule has 114 valence electrons. The van der Waals surface area contributed by atoms with E-state index in [0.717, 1.165) is 18.4 Å². The molecule has 4 rings (SSSR count). The third-order valence-electron chi connectivity index (χ3n) is 6.50. The lowest BCUT2D eigenvalue weighted by Gasteiger charge is -2.43. The van der Waals surface area contributed by atoms with Crippen molar-refractivity contribution in [2.45, 2.75) is 81.6 Å². The molecule has 4 fully saturated rings. The third kappa shape index (κ3) is 2.22. The Labute approximate surface area is 122 Å². The zero-order valence-corrected chi connectivity index (χ0v) is 12.8. The molecule has 0 aromatic carbocycles. The first-order valence-electron chi connectivity index (χ1n) is 8.76. The van der Waals surface area contributed by atoms with E-state index in [1.54, 1.807) is 0 Å². The van der Waals surface area contributed by atoms with Gasteiger partial charge in [-0.3, -0.25) is 0 Å². The molecule has 0 aromatic heterocycles. The predicted molar refractivity (Wildman–Crippen MR) is 78.7 cm³/mol. The molecule has 3 nitrogen and oxygen atoms in total. The van der Waals surface area contributed by atoms with E-state index in [-0.39, 0.29) is 5.60 Å². The lowest BCUT2D eigenvalue weighted by Crippen LogP contribution is -2.49. The Morgan fingerprint density at radius 3 is 2.65 bits per heavy atom. The van der Waals surface area contributed by atoms with Crippen LogP contribution >= 0.6 is 0 Å². The summed E-state index contributed by atoms with van der Waals surface area (Å²) >= 11 is 0. The van der Waals surface area contributed by atoms with Crippen molar-refractivity contribution in [3.63, 3.8) is 0 Å². The Kier molecular flexibility index (Phi) is 3.56. The minimum Gasteiger partial charge on any atom is -0.375 e. The molecule has 2 bridgehead atoms. The first kappa shape index (κ1) is 13.5. The summed E-state index contributed by atoms with van der Waals surface area (Å²) in [6.45, 7) is 0.977. The zero-order chi connectivity index (χ0) is 13.6. The topological polar surface area (TPSA) is 30.5 Å². The van der Waals surface area contributed by atoms with E-state index in [1.165, 1.54) is 57.8 Å². The average Bonchev–Trinajstić information content (AvgIpc) is 3.17.